The van der Waals surface area contributed by atoms with Crippen molar-refractivity contribution in [1.82, 2.24) is 4.90 Å². The van der Waals surface area contributed by atoms with Crippen molar-refractivity contribution in [3.63, 3.8) is 0 Å². The fourth-order valence-electron chi connectivity index (χ4n) is 3.01. The summed E-state index contributed by atoms with van der Waals surface area (Å²) < 4.78 is 11.3. The molecular weight excluding hydrogens is 407 g/mol. The van der Waals surface area contributed by atoms with E-state index in [1.807, 2.05) is 6.07 Å². The molecule has 9 heteroatoms. The molecule has 0 spiro atoms. The number of morpholine rings is 1. The molecule has 2 unspecified atom stereocenters. The van der Waals surface area contributed by atoms with Gasteiger partial charge in [0, 0.05) is 25.7 Å². The molecule has 1 aliphatic rings. The van der Waals surface area contributed by atoms with Gasteiger partial charge in [-0.3, -0.25) is 15.0 Å². The van der Waals surface area contributed by atoms with Crippen LogP contribution in [-0.2, 0) is 4.74 Å². The van der Waals surface area contributed by atoms with Crippen LogP contribution in [0.15, 0.2) is 42.5 Å². The van der Waals surface area contributed by atoms with Crippen LogP contribution in [0.3, 0.4) is 0 Å². The van der Waals surface area contributed by atoms with Crippen molar-refractivity contribution in [2.24, 2.45) is 0 Å². The Morgan fingerprint density at radius 3 is 2.86 bits per heavy atom. The number of nitro benzene ring substituents is 1. The van der Waals surface area contributed by atoms with Crippen LogP contribution in [-0.4, -0.2) is 53.9 Å². The highest BCUT2D eigenvalue weighted by atomic mass is 35.5. The first kappa shape index (κ1) is 20.8. The minimum absolute atomic E-state index is 0.0377. The van der Waals surface area contributed by atoms with E-state index in [9.17, 15) is 15.2 Å². The molecule has 0 amide bonds. The number of non-ortho nitro benzene ring substituents is 1. The maximum atomic E-state index is 10.8. The first-order valence-corrected chi connectivity index (χ1v) is 9.52. The summed E-state index contributed by atoms with van der Waals surface area (Å²) >= 11 is 12.0. The average Bonchev–Trinajstić information content (AvgIpc) is 2.69. The predicted molar refractivity (Wildman–Crippen MR) is 106 cm³/mol. The summed E-state index contributed by atoms with van der Waals surface area (Å²) in [4.78, 5) is 12.4. The van der Waals surface area contributed by atoms with Gasteiger partial charge in [0.1, 0.15) is 18.5 Å². The highest BCUT2D eigenvalue weighted by Gasteiger charge is 2.24. The summed E-state index contributed by atoms with van der Waals surface area (Å²) in [6.07, 6.45) is -0.903. The molecular formula is C19H20Cl2N2O5. The maximum absolute atomic E-state index is 10.8. The molecule has 0 aliphatic carbocycles. The first-order valence-electron chi connectivity index (χ1n) is 8.76. The number of aliphatic hydroxyl groups is 1. The Kier molecular flexibility index (Phi) is 7.09. The van der Waals surface area contributed by atoms with Crippen LogP contribution in [0.25, 0.3) is 0 Å². The second-order valence-corrected chi connectivity index (χ2v) is 7.33. The van der Waals surface area contributed by atoms with Crippen molar-refractivity contribution in [3.05, 3.63) is 68.2 Å². The van der Waals surface area contributed by atoms with Crippen molar-refractivity contribution in [2.75, 3.05) is 32.8 Å². The Balaban J connectivity index is 1.52. The zero-order chi connectivity index (χ0) is 20.1. The molecule has 0 radical (unpaired) electrons. The second-order valence-electron chi connectivity index (χ2n) is 6.51. The molecule has 1 saturated heterocycles. The monoisotopic (exact) mass is 426 g/mol. The van der Waals surface area contributed by atoms with Gasteiger partial charge in [0.2, 0.25) is 0 Å². The molecule has 28 heavy (non-hydrogen) atoms. The predicted octanol–water partition coefficient (Wildman–Crippen LogP) is 3.71. The van der Waals surface area contributed by atoms with Gasteiger partial charge < -0.3 is 14.6 Å². The molecule has 0 bridgehead atoms. The van der Waals surface area contributed by atoms with Gasteiger partial charge >= 0.3 is 0 Å². The van der Waals surface area contributed by atoms with Crippen LogP contribution in [0.4, 0.5) is 5.69 Å². The van der Waals surface area contributed by atoms with E-state index in [4.69, 9.17) is 32.7 Å². The van der Waals surface area contributed by atoms with Crippen LogP contribution < -0.4 is 4.74 Å². The molecule has 2 aromatic rings. The van der Waals surface area contributed by atoms with Crippen LogP contribution in [0, 0.1) is 10.1 Å². The number of rotatable bonds is 7. The van der Waals surface area contributed by atoms with Crippen molar-refractivity contribution >= 4 is 28.9 Å². The van der Waals surface area contributed by atoms with E-state index in [1.165, 1.54) is 12.1 Å². The number of hydrogen-bond acceptors (Lipinski definition) is 6. The highest BCUT2D eigenvalue weighted by Crippen LogP contribution is 2.29. The van der Waals surface area contributed by atoms with E-state index in [-0.39, 0.29) is 18.4 Å². The molecule has 1 aliphatic heterocycles. The summed E-state index contributed by atoms with van der Waals surface area (Å²) in [5.74, 6) is 0.351. The Morgan fingerprint density at radius 1 is 1.29 bits per heavy atom. The highest BCUT2D eigenvalue weighted by molar-refractivity contribution is 6.42. The lowest BCUT2D eigenvalue weighted by atomic mass is 10.1. The lowest BCUT2D eigenvalue weighted by Gasteiger charge is -2.34. The third-order valence-corrected chi connectivity index (χ3v) is 5.14. The number of β-amino-alcohol motifs (C(OH)–C–C–N with tert-alkyl or cyclic N) is 1. The zero-order valence-corrected chi connectivity index (χ0v) is 16.5. The third kappa shape index (κ3) is 5.56. The van der Waals surface area contributed by atoms with E-state index in [0.29, 0.717) is 42.0 Å². The molecule has 0 aromatic heterocycles. The fourth-order valence-corrected chi connectivity index (χ4v) is 3.32. The Labute approximate surface area is 172 Å². The van der Waals surface area contributed by atoms with Gasteiger partial charge in [0.25, 0.3) is 5.69 Å². The van der Waals surface area contributed by atoms with Gasteiger partial charge in [-0.15, -0.1) is 0 Å². The Bertz CT molecular complexity index is 836. The molecule has 2 aromatic carbocycles. The Hall–Kier alpha value is -1.90. The fraction of sp³-hybridized carbons (Fsp3) is 0.368. The smallest absolute Gasteiger partial charge is 0.273 e. The van der Waals surface area contributed by atoms with Gasteiger partial charge in [-0.25, -0.2) is 0 Å². The summed E-state index contributed by atoms with van der Waals surface area (Å²) in [7, 11) is 0. The van der Waals surface area contributed by atoms with Gasteiger partial charge in [-0.2, -0.15) is 0 Å². The minimum Gasteiger partial charge on any atom is -0.491 e. The molecule has 150 valence electrons. The summed E-state index contributed by atoms with van der Waals surface area (Å²) in [5.41, 5.74) is 0.881. The van der Waals surface area contributed by atoms with E-state index < -0.39 is 11.0 Å². The first-order chi connectivity index (χ1) is 13.4. The van der Waals surface area contributed by atoms with Gasteiger partial charge in [0.15, 0.2) is 0 Å². The van der Waals surface area contributed by atoms with Crippen LogP contribution in [0.2, 0.25) is 10.0 Å². The number of nitrogens with zero attached hydrogens (tertiary/aromatic N) is 2. The SMILES string of the molecule is O=[N+]([O-])c1cccc(OCC(O)CN2CCOC(c3ccc(Cl)c(Cl)c3)C2)c1. The van der Waals surface area contributed by atoms with E-state index in [0.717, 1.165) is 5.56 Å². The van der Waals surface area contributed by atoms with Crippen LogP contribution in [0.5, 0.6) is 5.75 Å². The normalized spacial score (nSPS) is 18.6. The Morgan fingerprint density at radius 2 is 2.11 bits per heavy atom. The van der Waals surface area contributed by atoms with Crippen molar-refractivity contribution in [2.45, 2.75) is 12.2 Å². The molecule has 1 N–H and O–H groups in total. The standard InChI is InChI=1S/C19H20Cl2N2O5/c20-17-5-4-13(8-18(17)21)19-11-22(6-7-27-19)10-15(24)12-28-16-3-1-2-14(9-16)23(25)26/h1-5,8-9,15,19,24H,6-7,10-12H2. The minimum atomic E-state index is -0.744. The number of halogens is 2. The summed E-state index contributed by atoms with van der Waals surface area (Å²) in [5, 5.41) is 22.1. The lowest BCUT2D eigenvalue weighted by Crippen LogP contribution is -2.43. The van der Waals surface area contributed by atoms with Crippen LogP contribution in [0.1, 0.15) is 11.7 Å². The average molecular weight is 427 g/mol. The molecule has 7 nitrogen and oxygen atoms in total. The summed E-state index contributed by atoms with van der Waals surface area (Å²) in [6.45, 7) is 2.26. The third-order valence-electron chi connectivity index (χ3n) is 4.41. The van der Waals surface area contributed by atoms with Gasteiger partial charge in [-0.05, 0) is 23.8 Å². The van der Waals surface area contributed by atoms with Crippen molar-refractivity contribution < 1.29 is 19.5 Å². The second kappa shape index (κ2) is 9.54. The largest absolute Gasteiger partial charge is 0.491 e. The quantitative estimate of drug-likeness (QED) is 0.536. The van der Waals surface area contributed by atoms with Gasteiger partial charge in [0.05, 0.1) is 33.7 Å². The molecule has 0 saturated carbocycles. The topological polar surface area (TPSA) is 85.1 Å². The number of nitro groups is 1. The lowest BCUT2D eigenvalue weighted by molar-refractivity contribution is -0.384. The van der Waals surface area contributed by atoms with Crippen molar-refractivity contribution in [3.8, 4) is 5.75 Å². The van der Waals surface area contributed by atoms with Crippen LogP contribution >= 0.6 is 23.2 Å². The molecule has 1 heterocycles. The van der Waals surface area contributed by atoms with E-state index in [2.05, 4.69) is 4.90 Å². The number of ether oxygens (including phenoxy) is 2. The molecule has 3 rings (SSSR count). The molecule has 2 atom stereocenters. The number of aliphatic hydroxyl groups excluding tert-OH is 1. The van der Waals surface area contributed by atoms with E-state index >= 15 is 0 Å². The van der Waals surface area contributed by atoms with Crippen molar-refractivity contribution in [1.29, 1.82) is 0 Å². The number of hydrogen-bond donors (Lipinski definition) is 1. The maximum Gasteiger partial charge on any atom is 0.273 e. The summed E-state index contributed by atoms with van der Waals surface area (Å²) in [6, 6.07) is 11.3. The van der Waals surface area contributed by atoms with E-state index in [1.54, 1.807) is 24.3 Å². The molecule has 1 fully saturated rings. The number of benzene rings is 2. The van der Waals surface area contributed by atoms with Gasteiger partial charge in [-0.1, -0.05) is 35.3 Å². The zero-order valence-electron chi connectivity index (χ0n) is 15.0.